The van der Waals surface area contributed by atoms with Crippen LogP contribution in [0.2, 0.25) is 0 Å². The van der Waals surface area contributed by atoms with Crippen molar-refractivity contribution in [3.63, 3.8) is 0 Å². The third kappa shape index (κ3) is 1.66. The van der Waals surface area contributed by atoms with Crippen LogP contribution in [0.5, 0.6) is 0 Å². The van der Waals surface area contributed by atoms with Gasteiger partial charge in [0.1, 0.15) is 0 Å². The fraction of sp³-hybridized carbons (Fsp3) is 0.714. The normalized spacial score (nSPS) is 11.4. The predicted molar refractivity (Wildman–Crippen MR) is 37.7 cm³/mol. The van der Waals surface area contributed by atoms with Crippen molar-refractivity contribution in [1.82, 2.24) is 0 Å². The molecule has 0 atom stereocenters. The van der Waals surface area contributed by atoms with Crippen LogP contribution in [0.15, 0.2) is 12.7 Å². The van der Waals surface area contributed by atoms with Crippen LogP contribution in [0.4, 0.5) is 0 Å². The zero-order chi connectivity index (χ0) is 6.62. The lowest BCUT2D eigenvalue weighted by Gasteiger charge is -2.20. The Kier molecular flexibility index (Phi) is 2.77. The highest BCUT2D eigenvalue weighted by Crippen LogP contribution is 2.10. The predicted octanol–water partition coefficient (Wildman–Crippen LogP) is 1.69. The minimum absolute atomic E-state index is 0.111. The Morgan fingerprint density at radius 1 is 1.50 bits per heavy atom. The maximum atomic E-state index is 5.78. The summed E-state index contributed by atoms with van der Waals surface area (Å²) in [5.41, 5.74) is 5.67. The molecule has 0 unspecified atom stereocenters. The van der Waals surface area contributed by atoms with Crippen LogP contribution in [-0.2, 0) is 0 Å². The molecule has 0 bridgehead atoms. The molecule has 0 saturated heterocycles. The molecule has 0 heterocycles. The summed E-state index contributed by atoms with van der Waals surface area (Å²) >= 11 is 0. The summed E-state index contributed by atoms with van der Waals surface area (Å²) in [6.45, 7) is 7.80. The van der Waals surface area contributed by atoms with Crippen molar-refractivity contribution in [3.8, 4) is 0 Å². The maximum absolute atomic E-state index is 5.78. The fourth-order valence-corrected chi connectivity index (χ4v) is 0.539. The topological polar surface area (TPSA) is 26.0 Å². The molecule has 0 rings (SSSR count). The van der Waals surface area contributed by atoms with Gasteiger partial charge in [0.2, 0.25) is 0 Å². The van der Waals surface area contributed by atoms with E-state index in [1.807, 2.05) is 6.08 Å². The van der Waals surface area contributed by atoms with Crippen molar-refractivity contribution >= 4 is 0 Å². The van der Waals surface area contributed by atoms with Gasteiger partial charge in [-0.05, 0) is 12.8 Å². The highest BCUT2D eigenvalue weighted by molar-refractivity contribution is 4.97. The molecule has 1 nitrogen and oxygen atoms in total. The van der Waals surface area contributed by atoms with Gasteiger partial charge in [-0.15, -0.1) is 6.58 Å². The minimum atomic E-state index is -0.111. The Balaban J connectivity index is 3.76. The molecule has 0 amide bonds. The number of hydrogen-bond acceptors (Lipinski definition) is 1. The molecular weight excluding hydrogens is 98.1 g/mol. The molecule has 0 radical (unpaired) electrons. The summed E-state index contributed by atoms with van der Waals surface area (Å²) in [5.74, 6) is 0. The van der Waals surface area contributed by atoms with Crippen LogP contribution in [-0.4, -0.2) is 5.54 Å². The molecule has 0 aromatic rings. The van der Waals surface area contributed by atoms with E-state index in [4.69, 9.17) is 5.73 Å². The van der Waals surface area contributed by atoms with Gasteiger partial charge in [-0.1, -0.05) is 19.9 Å². The molecule has 0 aliphatic carbocycles. The van der Waals surface area contributed by atoms with E-state index < -0.39 is 0 Å². The van der Waals surface area contributed by atoms with Gasteiger partial charge in [0, 0.05) is 5.54 Å². The van der Waals surface area contributed by atoms with Gasteiger partial charge in [-0.3, -0.25) is 0 Å². The summed E-state index contributed by atoms with van der Waals surface area (Å²) in [6, 6.07) is 0. The lowest BCUT2D eigenvalue weighted by atomic mass is 9.95. The van der Waals surface area contributed by atoms with E-state index in [-0.39, 0.29) is 5.54 Å². The monoisotopic (exact) mass is 113 g/mol. The van der Waals surface area contributed by atoms with Gasteiger partial charge >= 0.3 is 0 Å². The summed E-state index contributed by atoms with van der Waals surface area (Å²) in [7, 11) is 0. The van der Waals surface area contributed by atoms with E-state index in [0.717, 1.165) is 12.8 Å². The number of nitrogens with two attached hydrogens (primary N) is 1. The van der Waals surface area contributed by atoms with E-state index in [1.165, 1.54) is 0 Å². The first-order valence-corrected chi connectivity index (χ1v) is 3.11. The second-order valence-electron chi connectivity index (χ2n) is 2.14. The first-order chi connectivity index (χ1) is 3.68. The van der Waals surface area contributed by atoms with Gasteiger partial charge in [0.15, 0.2) is 0 Å². The van der Waals surface area contributed by atoms with Gasteiger partial charge in [0.05, 0.1) is 0 Å². The summed E-state index contributed by atoms with van der Waals surface area (Å²) in [5, 5.41) is 0. The quantitative estimate of drug-likeness (QED) is 0.554. The smallest absolute Gasteiger partial charge is 0.0331 e. The average Bonchev–Trinajstić information content (AvgIpc) is 1.87. The molecule has 0 spiro atoms. The van der Waals surface area contributed by atoms with Gasteiger partial charge in [-0.2, -0.15) is 0 Å². The Hall–Kier alpha value is -0.300. The Morgan fingerprint density at radius 3 is 1.88 bits per heavy atom. The molecule has 0 aromatic heterocycles. The Labute approximate surface area is 51.6 Å². The minimum Gasteiger partial charge on any atom is -0.322 e. The van der Waals surface area contributed by atoms with Crippen LogP contribution in [0, 0.1) is 0 Å². The molecule has 0 fully saturated rings. The summed E-state index contributed by atoms with van der Waals surface area (Å²) in [4.78, 5) is 0. The van der Waals surface area contributed by atoms with Gasteiger partial charge in [-0.25, -0.2) is 0 Å². The Morgan fingerprint density at radius 2 is 1.88 bits per heavy atom. The first kappa shape index (κ1) is 7.70. The largest absolute Gasteiger partial charge is 0.322 e. The van der Waals surface area contributed by atoms with E-state index >= 15 is 0 Å². The van der Waals surface area contributed by atoms with Crippen molar-refractivity contribution in [2.45, 2.75) is 32.2 Å². The second kappa shape index (κ2) is 2.88. The molecule has 0 aromatic carbocycles. The van der Waals surface area contributed by atoms with Crippen molar-refractivity contribution in [1.29, 1.82) is 0 Å². The van der Waals surface area contributed by atoms with Gasteiger partial charge < -0.3 is 5.73 Å². The van der Waals surface area contributed by atoms with Crippen LogP contribution >= 0.6 is 0 Å². The molecular formula is C7H15N. The first-order valence-electron chi connectivity index (χ1n) is 3.11. The Bertz CT molecular complexity index is 72.5. The molecule has 0 aliphatic rings. The molecule has 0 aliphatic heterocycles. The van der Waals surface area contributed by atoms with Crippen molar-refractivity contribution in [3.05, 3.63) is 12.7 Å². The third-order valence-electron chi connectivity index (χ3n) is 1.72. The van der Waals surface area contributed by atoms with Crippen LogP contribution in [0.3, 0.4) is 0 Å². The zero-order valence-electron chi connectivity index (χ0n) is 5.78. The van der Waals surface area contributed by atoms with Crippen molar-refractivity contribution in [2.75, 3.05) is 0 Å². The molecule has 48 valence electrons. The SMILES string of the molecule is C=CC(N)(CC)CC. The lowest BCUT2D eigenvalue weighted by Crippen LogP contribution is -2.35. The van der Waals surface area contributed by atoms with Crippen LogP contribution in [0.25, 0.3) is 0 Å². The van der Waals surface area contributed by atoms with Crippen molar-refractivity contribution < 1.29 is 0 Å². The van der Waals surface area contributed by atoms with E-state index in [0.29, 0.717) is 0 Å². The van der Waals surface area contributed by atoms with Gasteiger partial charge in [0.25, 0.3) is 0 Å². The van der Waals surface area contributed by atoms with Crippen molar-refractivity contribution in [2.24, 2.45) is 5.73 Å². The molecule has 1 heteroatoms. The standard InChI is InChI=1S/C7H15N/c1-4-7(8,5-2)6-3/h4H,1,5-6,8H2,2-3H3. The molecule has 2 N–H and O–H groups in total. The molecule has 0 saturated carbocycles. The van der Waals surface area contributed by atoms with E-state index in [1.54, 1.807) is 0 Å². The number of rotatable bonds is 3. The number of hydrogen-bond donors (Lipinski definition) is 1. The average molecular weight is 113 g/mol. The lowest BCUT2D eigenvalue weighted by molar-refractivity contribution is 0.494. The summed E-state index contributed by atoms with van der Waals surface area (Å²) < 4.78 is 0. The third-order valence-corrected chi connectivity index (χ3v) is 1.72. The molecule has 8 heavy (non-hydrogen) atoms. The maximum Gasteiger partial charge on any atom is 0.0331 e. The fourth-order valence-electron chi connectivity index (χ4n) is 0.539. The second-order valence-corrected chi connectivity index (χ2v) is 2.14. The van der Waals surface area contributed by atoms with Crippen LogP contribution < -0.4 is 5.73 Å². The van der Waals surface area contributed by atoms with E-state index in [2.05, 4.69) is 20.4 Å². The van der Waals surface area contributed by atoms with Crippen LogP contribution in [0.1, 0.15) is 26.7 Å². The van der Waals surface area contributed by atoms with E-state index in [9.17, 15) is 0 Å². The highest BCUT2D eigenvalue weighted by atomic mass is 14.7. The summed E-state index contributed by atoms with van der Waals surface area (Å²) in [6.07, 6.45) is 3.78. The highest BCUT2D eigenvalue weighted by Gasteiger charge is 2.13. The zero-order valence-corrected chi connectivity index (χ0v) is 5.78.